The largest absolute Gasteiger partial charge is 0.493 e. The number of rotatable bonds is 9. The van der Waals surface area contributed by atoms with Crippen molar-refractivity contribution in [3.63, 3.8) is 0 Å². The first-order chi connectivity index (χ1) is 9.22. The Labute approximate surface area is 116 Å². The minimum Gasteiger partial charge on any atom is -0.493 e. The Bertz CT molecular complexity index is 422. The Morgan fingerprint density at radius 3 is 2.68 bits per heavy atom. The van der Waals surface area contributed by atoms with Crippen LogP contribution in [-0.2, 0) is 6.42 Å². The van der Waals surface area contributed by atoms with E-state index in [0.717, 1.165) is 42.6 Å². The molecule has 0 bridgehead atoms. The van der Waals surface area contributed by atoms with Crippen LogP contribution < -0.4 is 4.74 Å². The quantitative estimate of drug-likeness (QED) is 0.371. The van der Waals surface area contributed by atoms with E-state index in [1.807, 2.05) is 25.1 Å². The first kappa shape index (κ1) is 15.5. The van der Waals surface area contributed by atoms with E-state index < -0.39 is 0 Å². The van der Waals surface area contributed by atoms with Crippen LogP contribution in [0.1, 0.15) is 54.1 Å². The summed E-state index contributed by atoms with van der Waals surface area (Å²) >= 11 is 0. The fourth-order valence-electron chi connectivity index (χ4n) is 2.16. The molecule has 0 amide bonds. The highest BCUT2D eigenvalue weighted by Gasteiger charge is 2.08. The molecular formula is C17H24O2. The average molecular weight is 260 g/mol. The van der Waals surface area contributed by atoms with Crippen molar-refractivity contribution < 1.29 is 9.53 Å². The van der Waals surface area contributed by atoms with Gasteiger partial charge in [-0.3, -0.25) is 4.79 Å². The van der Waals surface area contributed by atoms with Crippen molar-refractivity contribution in [2.75, 3.05) is 6.61 Å². The lowest BCUT2D eigenvalue weighted by atomic mass is 10.0. The lowest BCUT2D eigenvalue weighted by Crippen LogP contribution is -2.03. The first-order valence-electron chi connectivity index (χ1n) is 7.05. The third kappa shape index (κ3) is 4.90. The summed E-state index contributed by atoms with van der Waals surface area (Å²) in [7, 11) is 0. The predicted octanol–water partition coefficient (Wildman–Crippen LogP) is 4.50. The van der Waals surface area contributed by atoms with Gasteiger partial charge in [-0.15, -0.1) is 6.58 Å². The third-order valence-electron chi connectivity index (χ3n) is 3.12. The fourth-order valence-corrected chi connectivity index (χ4v) is 2.16. The number of unbranched alkanes of at least 4 members (excludes halogenated alkanes) is 3. The van der Waals surface area contributed by atoms with Crippen LogP contribution in [0.5, 0.6) is 5.75 Å². The zero-order chi connectivity index (χ0) is 14.1. The Hall–Kier alpha value is -1.57. The number of carbonyl (C=O) groups excluding carboxylic acids is 1. The number of aldehydes is 1. The molecule has 1 aromatic carbocycles. The lowest BCUT2D eigenvalue weighted by Gasteiger charge is -2.14. The molecule has 0 radical (unpaired) electrons. The standard InChI is InChI=1S/C17H24O2/c1-4-6-7-8-10-19-17-14(3)11-15(13-18)12-16(17)9-5-2/h5,11-13H,2,4,6-10H2,1,3H3. The van der Waals surface area contributed by atoms with Gasteiger partial charge in [-0.2, -0.15) is 0 Å². The van der Waals surface area contributed by atoms with Crippen molar-refractivity contribution in [2.45, 2.75) is 46.0 Å². The highest BCUT2D eigenvalue weighted by molar-refractivity contribution is 5.76. The fraction of sp³-hybridized carbons (Fsp3) is 0.471. The van der Waals surface area contributed by atoms with E-state index in [4.69, 9.17) is 4.74 Å². The van der Waals surface area contributed by atoms with E-state index in [0.29, 0.717) is 5.56 Å². The van der Waals surface area contributed by atoms with Crippen LogP contribution in [0.15, 0.2) is 24.8 Å². The van der Waals surface area contributed by atoms with Gasteiger partial charge < -0.3 is 4.74 Å². The molecule has 0 fully saturated rings. The van der Waals surface area contributed by atoms with Crippen LogP contribution in [0.2, 0.25) is 0 Å². The summed E-state index contributed by atoms with van der Waals surface area (Å²) < 4.78 is 5.90. The second-order valence-corrected chi connectivity index (χ2v) is 4.85. The van der Waals surface area contributed by atoms with Crippen LogP contribution in [0.3, 0.4) is 0 Å². The molecule has 0 aliphatic rings. The van der Waals surface area contributed by atoms with Gasteiger partial charge in [-0.05, 0) is 43.0 Å². The number of hydrogen-bond donors (Lipinski definition) is 0. The van der Waals surface area contributed by atoms with Crippen molar-refractivity contribution in [3.8, 4) is 5.75 Å². The topological polar surface area (TPSA) is 26.3 Å². The van der Waals surface area contributed by atoms with Gasteiger partial charge >= 0.3 is 0 Å². The van der Waals surface area contributed by atoms with E-state index in [1.54, 1.807) is 0 Å². The molecular weight excluding hydrogens is 236 g/mol. The third-order valence-corrected chi connectivity index (χ3v) is 3.12. The maximum absolute atomic E-state index is 10.9. The maximum atomic E-state index is 10.9. The van der Waals surface area contributed by atoms with Gasteiger partial charge in [-0.25, -0.2) is 0 Å². The highest BCUT2D eigenvalue weighted by Crippen LogP contribution is 2.26. The molecule has 2 heteroatoms. The minimum absolute atomic E-state index is 0.702. The number of ether oxygens (including phenoxy) is 1. The molecule has 1 rings (SSSR count). The Kier molecular flexibility index (Phi) is 6.94. The van der Waals surface area contributed by atoms with Crippen LogP contribution in [0.4, 0.5) is 0 Å². The van der Waals surface area contributed by atoms with Gasteiger partial charge in [0.1, 0.15) is 12.0 Å². The second-order valence-electron chi connectivity index (χ2n) is 4.85. The molecule has 104 valence electrons. The molecule has 2 nitrogen and oxygen atoms in total. The van der Waals surface area contributed by atoms with Gasteiger partial charge in [-0.1, -0.05) is 32.3 Å². The zero-order valence-corrected chi connectivity index (χ0v) is 12.1. The van der Waals surface area contributed by atoms with Crippen molar-refractivity contribution in [3.05, 3.63) is 41.5 Å². The van der Waals surface area contributed by atoms with Gasteiger partial charge in [0.25, 0.3) is 0 Å². The smallest absolute Gasteiger partial charge is 0.150 e. The zero-order valence-electron chi connectivity index (χ0n) is 12.1. The van der Waals surface area contributed by atoms with Crippen LogP contribution in [0.25, 0.3) is 0 Å². The van der Waals surface area contributed by atoms with Gasteiger partial charge in [0.05, 0.1) is 6.61 Å². The average Bonchev–Trinajstić information content (AvgIpc) is 2.41. The highest BCUT2D eigenvalue weighted by atomic mass is 16.5. The summed E-state index contributed by atoms with van der Waals surface area (Å²) in [5.74, 6) is 0.919. The SMILES string of the molecule is C=CCc1cc(C=O)cc(C)c1OCCCCCC. The molecule has 0 spiro atoms. The van der Waals surface area contributed by atoms with Crippen LogP contribution >= 0.6 is 0 Å². The molecule has 19 heavy (non-hydrogen) atoms. The molecule has 0 aliphatic carbocycles. The number of allylic oxidation sites excluding steroid dienone is 1. The molecule has 0 atom stereocenters. The number of hydrogen-bond acceptors (Lipinski definition) is 2. The summed E-state index contributed by atoms with van der Waals surface area (Å²) in [5.41, 5.74) is 2.78. The molecule has 1 aromatic rings. The predicted molar refractivity (Wildman–Crippen MR) is 80.1 cm³/mol. The van der Waals surface area contributed by atoms with Crippen LogP contribution in [-0.4, -0.2) is 12.9 Å². The summed E-state index contributed by atoms with van der Waals surface area (Å²) in [6.07, 6.45) is 8.22. The van der Waals surface area contributed by atoms with Crippen molar-refractivity contribution in [1.82, 2.24) is 0 Å². The number of benzene rings is 1. The Balaban J connectivity index is 2.74. The Morgan fingerprint density at radius 2 is 2.05 bits per heavy atom. The molecule has 0 aromatic heterocycles. The summed E-state index contributed by atoms with van der Waals surface area (Å²) in [6, 6.07) is 3.77. The van der Waals surface area contributed by atoms with Gasteiger partial charge in [0.2, 0.25) is 0 Å². The number of carbonyl (C=O) groups is 1. The monoisotopic (exact) mass is 260 g/mol. The first-order valence-corrected chi connectivity index (χ1v) is 7.05. The van der Waals surface area contributed by atoms with Gasteiger partial charge in [0, 0.05) is 5.56 Å². The van der Waals surface area contributed by atoms with Crippen molar-refractivity contribution in [2.24, 2.45) is 0 Å². The molecule has 0 unspecified atom stereocenters. The molecule has 0 saturated carbocycles. The van der Waals surface area contributed by atoms with Gasteiger partial charge in [0.15, 0.2) is 0 Å². The van der Waals surface area contributed by atoms with E-state index in [9.17, 15) is 4.79 Å². The lowest BCUT2D eigenvalue weighted by molar-refractivity contribution is 0.112. The molecule has 0 heterocycles. The van der Waals surface area contributed by atoms with E-state index in [-0.39, 0.29) is 0 Å². The van der Waals surface area contributed by atoms with E-state index in [1.165, 1.54) is 19.3 Å². The number of aryl methyl sites for hydroxylation is 1. The van der Waals surface area contributed by atoms with E-state index in [2.05, 4.69) is 13.5 Å². The Morgan fingerprint density at radius 1 is 1.26 bits per heavy atom. The van der Waals surface area contributed by atoms with E-state index >= 15 is 0 Å². The summed E-state index contributed by atoms with van der Waals surface area (Å²) in [5, 5.41) is 0. The van der Waals surface area contributed by atoms with Crippen LogP contribution in [0, 0.1) is 6.92 Å². The second kappa shape index (κ2) is 8.52. The summed E-state index contributed by atoms with van der Waals surface area (Å²) in [4.78, 5) is 10.9. The minimum atomic E-state index is 0.702. The normalized spacial score (nSPS) is 10.2. The van der Waals surface area contributed by atoms with Crippen molar-refractivity contribution >= 4 is 6.29 Å². The maximum Gasteiger partial charge on any atom is 0.150 e. The molecule has 0 saturated heterocycles. The summed E-state index contributed by atoms with van der Waals surface area (Å²) in [6.45, 7) is 8.69. The molecule has 0 aliphatic heterocycles. The molecule has 0 N–H and O–H groups in total. The van der Waals surface area contributed by atoms with Crippen molar-refractivity contribution in [1.29, 1.82) is 0 Å².